The lowest BCUT2D eigenvalue weighted by Gasteiger charge is -2.23. The first-order valence-electron chi connectivity index (χ1n) is 6.76. The zero-order chi connectivity index (χ0) is 15.7. The second-order valence-corrected chi connectivity index (χ2v) is 9.23. The van der Waals surface area contributed by atoms with Crippen molar-refractivity contribution < 1.29 is 16.8 Å². The summed E-state index contributed by atoms with van der Waals surface area (Å²) < 4.78 is 50.6. The zero-order valence-electron chi connectivity index (χ0n) is 11.9. The van der Waals surface area contributed by atoms with Crippen LogP contribution in [-0.4, -0.2) is 34.4 Å². The minimum absolute atomic E-state index is 0.132. The van der Waals surface area contributed by atoms with Crippen LogP contribution in [0.25, 0.3) is 0 Å². The second kappa shape index (κ2) is 6.04. The van der Waals surface area contributed by atoms with Gasteiger partial charge in [0.25, 0.3) is 0 Å². The van der Waals surface area contributed by atoms with Crippen molar-refractivity contribution in [2.75, 3.05) is 11.5 Å². The standard InChI is InChI=1S/C13H20N2O4S2/c1-10-11(8-14)4-2-6-13(10)21(18,19)15-12-5-3-7-20(16,17)9-12/h2,4,6,12,15H,3,5,7-9,14H2,1H3. The molecule has 1 fully saturated rings. The van der Waals surface area contributed by atoms with Gasteiger partial charge in [0.2, 0.25) is 10.0 Å². The summed E-state index contributed by atoms with van der Waals surface area (Å²) in [5.41, 5.74) is 6.95. The number of sulfone groups is 1. The van der Waals surface area contributed by atoms with E-state index in [2.05, 4.69) is 4.72 Å². The molecule has 1 unspecified atom stereocenters. The normalized spacial score (nSPS) is 22.1. The molecule has 1 aromatic carbocycles. The fourth-order valence-electron chi connectivity index (χ4n) is 2.57. The van der Waals surface area contributed by atoms with E-state index in [9.17, 15) is 16.8 Å². The molecular weight excluding hydrogens is 312 g/mol. The molecule has 0 amide bonds. The van der Waals surface area contributed by atoms with Crippen LogP contribution in [0.3, 0.4) is 0 Å². The van der Waals surface area contributed by atoms with Crippen LogP contribution in [0.15, 0.2) is 23.1 Å². The number of sulfonamides is 1. The van der Waals surface area contributed by atoms with E-state index in [0.29, 0.717) is 18.4 Å². The number of nitrogens with two attached hydrogens (primary N) is 1. The average Bonchev–Trinajstić information content (AvgIpc) is 2.37. The Morgan fingerprint density at radius 3 is 2.71 bits per heavy atom. The molecule has 0 aromatic heterocycles. The molecule has 0 spiro atoms. The van der Waals surface area contributed by atoms with Gasteiger partial charge in [-0.1, -0.05) is 12.1 Å². The van der Waals surface area contributed by atoms with E-state index in [-0.39, 0.29) is 22.9 Å². The van der Waals surface area contributed by atoms with E-state index in [1.54, 1.807) is 19.1 Å². The van der Waals surface area contributed by atoms with Gasteiger partial charge >= 0.3 is 0 Å². The number of benzene rings is 1. The topological polar surface area (TPSA) is 106 Å². The molecule has 6 nitrogen and oxygen atoms in total. The minimum atomic E-state index is -3.74. The second-order valence-electron chi connectivity index (χ2n) is 5.32. The van der Waals surface area contributed by atoms with Crippen LogP contribution in [0.4, 0.5) is 0 Å². The van der Waals surface area contributed by atoms with Gasteiger partial charge < -0.3 is 5.73 Å². The van der Waals surface area contributed by atoms with Gasteiger partial charge in [0.05, 0.1) is 16.4 Å². The molecule has 0 radical (unpaired) electrons. The van der Waals surface area contributed by atoms with Crippen molar-refractivity contribution in [2.24, 2.45) is 5.73 Å². The maximum atomic E-state index is 12.5. The summed E-state index contributed by atoms with van der Waals surface area (Å²) in [6, 6.07) is 4.37. The Hall–Kier alpha value is -0.960. The van der Waals surface area contributed by atoms with Crippen LogP contribution in [0, 0.1) is 6.92 Å². The molecular formula is C13H20N2O4S2. The van der Waals surface area contributed by atoms with Crippen molar-refractivity contribution in [3.05, 3.63) is 29.3 Å². The van der Waals surface area contributed by atoms with Gasteiger partial charge in [-0.3, -0.25) is 0 Å². The zero-order valence-corrected chi connectivity index (χ0v) is 13.5. The SMILES string of the molecule is Cc1c(CN)cccc1S(=O)(=O)NC1CCCS(=O)(=O)C1. The highest BCUT2D eigenvalue weighted by atomic mass is 32.2. The summed E-state index contributed by atoms with van der Waals surface area (Å²) in [5.74, 6) is -0.00519. The van der Waals surface area contributed by atoms with Gasteiger partial charge in [-0.2, -0.15) is 0 Å². The molecule has 0 saturated carbocycles. The Balaban J connectivity index is 2.27. The first kappa shape index (κ1) is 16.4. The van der Waals surface area contributed by atoms with E-state index < -0.39 is 25.9 Å². The molecule has 1 aliphatic heterocycles. The highest BCUT2D eigenvalue weighted by Crippen LogP contribution is 2.20. The summed E-state index contributed by atoms with van der Waals surface area (Å²) in [4.78, 5) is 0.161. The highest BCUT2D eigenvalue weighted by molar-refractivity contribution is 7.91. The molecule has 1 aromatic rings. The number of hydrogen-bond acceptors (Lipinski definition) is 5. The fourth-order valence-corrected chi connectivity index (χ4v) is 5.87. The van der Waals surface area contributed by atoms with E-state index in [4.69, 9.17) is 5.73 Å². The Morgan fingerprint density at radius 2 is 2.10 bits per heavy atom. The van der Waals surface area contributed by atoms with Gasteiger partial charge in [0, 0.05) is 12.6 Å². The van der Waals surface area contributed by atoms with Gasteiger partial charge in [-0.15, -0.1) is 0 Å². The van der Waals surface area contributed by atoms with Gasteiger partial charge in [0.15, 0.2) is 9.84 Å². The van der Waals surface area contributed by atoms with E-state index in [1.165, 1.54) is 6.07 Å². The van der Waals surface area contributed by atoms with Crippen molar-refractivity contribution in [1.29, 1.82) is 0 Å². The van der Waals surface area contributed by atoms with Gasteiger partial charge in [-0.05, 0) is 37.0 Å². The Bertz CT molecular complexity index is 727. The molecule has 0 aliphatic carbocycles. The number of rotatable bonds is 4. The molecule has 0 bridgehead atoms. The fraction of sp³-hybridized carbons (Fsp3) is 0.538. The molecule has 1 heterocycles. The lowest BCUT2D eigenvalue weighted by atomic mass is 10.1. The van der Waals surface area contributed by atoms with Crippen molar-refractivity contribution >= 4 is 19.9 Å². The number of hydrogen-bond donors (Lipinski definition) is 2. The third-order valence-electron chi connectivity index (χ3n) is 3.69. The summed E-state index contributed by atoms with van der Waals surface area (Å²) in [6.45, 7) is 1.96. The smallest absolute Gasteiger partial charge is 0.241 e. The molecule has 2 rings (SSSR count). The Labute approximate surface area is 125 Å². The van der Waals surface area contributed by atoms with Gasteiger partial charge in [0.1, 0.15) is 0 Å². The van der Waals surface area contributed by atoms with Crippen molar-refractivity contribution in [1.82, 2.24) is 4.72 Å². The number of nitrogens with one attached hydrogen (secondary N) is 1. The Kier molecular flexibility index (Phi) is 4.72. The third kappa shape index (κ3) is 3.82. The highest BCUT2D eigenvalue weighted by Gasteiger charge is 2.29. The maximum absolute atomic E-state index is 12.5. The van der Waals surface area contributed by atoms with Crippen LogP contribution in [-0.2, 0) is 26.4 Å². The third-order valence-corrected chi connectivity index (χ3v) is 7.18. The summed E-state index contributed by atoms with van der Waals surface area (Å²) in [6.07, 6.45) is 1.02. The monoisotopic (exact) mass is 332 g/mol. The lowest BCUT2D eigenvalue weighted by molar-refractivity contribution is 0.517. The minimum Gasteiger partial charge on any atom is -0.326 e. The van der Waals surface area contributed by atoms with E-state index >= 15 is 0 Å². The van der Waals surface area contributed by atoms with Crippen LogP contribution >= 0.6 is 0 Å². The molecule has 21 heavy (non-hydrogen) atoms. The largest absolute Gasteiger partial charge is 0.326 e. The quantitative estimate of drug-likeness (QED) is 0.825. The average molecular weight is 332 g/mol. The predicted octanol–water partition coefficient (Wildman–Crippen LogP) is 0.309. The van der Waals surface area contributed by atoms with Crippen molar-refractivity contribution in [2.45, 2.75) is 37.2 Å². The molecule has 1 aliphatic rings. The molecule has 118 valence electrons. The Morgan fingerprint density at radius 1 is 1.38 bits per heavy atom. The molecule has 1 saturated heterocycles. The molecule has 1 atom stereocenters. The lowest BCUT2D eigenvalue weighted by Crippen LogP contribution is -2.43. The molecule has 3 N–H and O–H groups in total. The summed E-state index contributed by atoms with van der Waals surface area (Å²) >= 11 is 0. The summed E-state index contributed by atoms with van der Waals surface area (Å²) in [5, 5.41) is 0. The van der Waals surface area contributed by atoms with Crippen molar-refractivity contribution in [3.63, 3.8) is 0 Å². The summed E-state index contributed by atoms with van der Waals surface area (Å²) in [7, 11) is -6.90. The predicted molar refractivity (Wildman–Crippen MR) is 81.1 cm³/mol. The molecule has 8 heteroatoms. The van der Waals surface area contributed by atoms with Crippen molar-refractivity contribution in [3.8, 4) is 0 Å². The van der Waals surface area contributed by atoms with Crippen LogP contribution < -0.4 is 10.5 Å². The van der Waals surface area contributed by atoms with Crippen LogP contribution in [0.5, 0.6) is 0 Å². The van der Waals surface area contributed by atoms with E-state index in [0.717, 1.165) is 5.56 Å². The van der Waals surface area contributed by atoms with E-state index in [1.807, 2.05) is 0 Å². The van der Waals surface area contributed by atoms with Crippen LogP contribution in [0.1, 0.15) is 24.0 Å². The maximum Gasteiger partial charge on any atom is 0.241 e. The first-order valence-corrected chi connectivity index (χ1v) is 10.1. The van der Waals surface area contributed by atoms with Gasteiger partial charge in [-0.25, -0.2) is 21.6 Å². The van der Waals surface area contributed by atoms with Crippen LogP contribution in [0.2, 0.25) is 0 Å². The first-order chi connectivity index (χ1) is 9.75.